The molecule has 2 aliphatic heterocycles. The number of nitrogens with one attached hydrogen (secondary N) is 3. The van der Waals surface area contributed by atoms with Crippen molar-refractivity contribution in [2.75, 3.05) is 101 Å². The molecule has 37 nitrogen and oxygen atoms in total. The van der Waals surface area contributed by atoms with Crippen LogP contribution in [0.15, 0.2) is 77.9 Å². The maximum Gasteiger partial charge on any atom is 0.501 e. The molecule has 38 heteroatoms. The number of esters is 5. The predicted octanol–water partition coefficient (Wildman–Crippen LogP) is 5.50. The average Bonchev–Trinajstić information content (AvgIpc) is 1.15. The highest BCUT2D eigenvalue weighted by Crippen LogP contribution is 2.37. The molecule has 5 rings (SSSR count). The van der Waals surface area contributed by atoms with Crippen LogP contribution in [0.2, 0.25) is 0 Å². The monoisotopic (exact) mass is 1640 g/mol. The van der Waals surface area contributed by atoms with Gasteiger partial charge in [-0.2, -0.15) is 0 Å². The van der Waals surface area contributed by atoms with Crippen molar-refractivity contribution in [2.45, 2.75) is 188 Å². The Hall–Kier alpha value is -9.95. The SMILES string of the molecule is CCC(C)[C@@H]([C@@H](CC(=O)N1CCC[C@H]1[C@H](OC)[C@@H](C)C(=O)NC(Cc1ccccc1)C(=O)OC)OC)N(C)C(=O)[C@@H](NC(=O)[C@H](C(C)C)N(C)C(=O)OCc1ccc(OS(=O)(=O)Oc2cc(C(=O)NCCOCCOCCOCCN=[N+]=[N-])ccc2OC2O[C@H](COC(C)=O)[C@H](OC(C)=O)[C@H](OC(C)=O)[C@H]2OC(C)=O)cc1)C(C)C. The molecule has 2 aliphatic rings. The molecule has 0 aliphatic carbocycles. The first-order valence-corrected chi connectivity index (χ1v) is 39.0. The van der Waals surface area contributed by atoms with Crippen molar-refractivity contribution < 1.29 is 131 Å². The Labute approximate surface area is 670 Å². The van der Waals surface area contributed by atoms with E-state index < -0.39 is 186 Å². The second-order valence-electron chi connectivity index (χ2n) is 28.1. The summed E-state index contributed by atoms with van der Waals surface area (Å²) >= 11 is 0. The topological polar surface area (TPSA) is 455 Å². The molecule has 2 heterocycles. The fourth-order valence-corrected chi connectivity index (χ4v) is 13.9. The van der Waals surface area contributed by atoms with Crippen LogP contribution in [0.3, 0.4) is 0 Å². The van der Waals surface area contributed by atoms with Gasteiger partial charge >= 0.3 is 46.3 Å². The van der Waals surface area contributed by atoms with Gasteiger partial charge < -0.3 is 95.7 Å². The molecule has 0 saturated carbocycles. The van der Waals surface area contributed by atoms with Crippen molar-refractivity contribution in [3.63, 3.8) is 0 Å². The number of amides is 6. The molecular weight excluding hydrogens is 1530 g/mol. The lowest BCUT2D eigenvalue weighted by molar-refractivity contribution is -0.288. The van der Waals surface area contributed by atoms with E-state index in [-0.39, 0.29) is 88.7 Å². The molecular formula is C77H111N9O28S. The highest BCUT2D eigenvalue weighted by Gasteiger charge is 2.54. The van der Waals surface area contributed by atoms with Gasteiger partial charge in [-0.3, -0.25) is 48.1 Å². The number of likely N-dealkylation sites (tertiary alicyclic amines) is 1. The van der Waals surface area contributed by atoms with Gasteiger partial charge in [-0.15, -0.1) is 8.42 Å². The zero-order chi connectivity index (χ0) is 85.2. The van der Waals surface area contributed by atoms with Gasteiger partial charge in [0.1, 0.15) is 43.2 Å². The highest BCUT2D eigenvalue weighted by molar-refractivity contribution is 7.82. The second kappa shape index (κ2) is 47.8. The summed E-state index contributed by atoms with van der Waals surface area (Å²) in [7, 11) is 1.85. The third-order valence-corrected chi connectivity index (χ3v) is 19.7. The van der Waals surface area contributed by atoms with Crippen LogP contribution in [0.25, 0.3) is 10.4 Å². The summed E-state index contributed by atoms with van der Waals surface area (Å²) in [5.74, 6) is -10.7. The number of hydrogen-bond acceptors (Lipinski definition) is 29. The van der Waals surface area contributed by atoms with Gasteiger partial charge in [0.25, 0.3) is 5.91 Å². The molecule has 14 atom stereocenters. The van der Waals surface area contributed by atoms with Gasteiger partial charge in [-0.25, -0.2) is 9.59 Å². The fraction of sp³-hybridized carbons (Fsp3) is 0.623. The predicted molar refractivity (Wildman–Crippen MR) is 408 cm³/mol. The number of hydrogen-bond donors (Lipinski definition) is 3. The van der Waals surface area contributed by atoms with E-state index in [1.165, 1.54) is 63.6 Å². The Kier molecular flexibility index (Phi) is 39.7. The molecule has 2 fully saturated rings. The Morgan fingerprint density at radius 2 is 1.31 bits per heavy atom. The Morgan fingerprint density at radius 1 is 0.687 bits per heavy atom. The van der Waals surface area contributed by atoms with Crippen LogP contribution in [-0.4, -0.2) is 263 Å². The zero-order valence-electron chi connectivity index (χ0n) is 68.0. The molecule has 115 heavy (non-hydrogen) atoms. The lowest BCUT2D eigenvalue weighted by atomic mass is 9.89. The first-order valence-electron chi connectivity index (χ1n) is 37.7. The van der Waals surface area contributed by atoms with Gasteiger partial charge in [0.2, 0.25) is 36.0 Å². The molecule has 3 unspecified atom stereocenters. The molecule has 0 bridgehead atoms. The van der Waals surface area contributed by atoms with Crippen LogP contribution in [0.4, 0.5) is 4.79 Å². The maximum atomic E-state index is 14.9. The van der Waals surface area contributed by atoms with Crippen LogP contribution < -0.4 is 29.1 Å². The van der Waals surface area contributed by atoms with Crippen molar-refractivity contribution in [1.29, 1.82) is 0 Å². The summed E-state index contributed by atoms with van der Waals surface area (Å²) in [6, 6.07) is 12.9. The second-order valence-corrected chi connectivity index (χ2v) is 29.2. The van der Waals surface area contributed by atoms with Crippen molar-refractivity contribution in [3.05, 3.63) is 99.9 Å². The third kappa shape index (κ3) is 30.0. The number of rotatable bonds is 47. The molecule has 638 valence electrons. The Bertz CT molecular complexity index is 3870. The lowest BCUT2D eigenvalue weighted by Gasteiger charge is -2.43. The highest BCUT2D eigenvalue weighted by atomic mass is 32.3. The first kappa shape index (κ1) is 95.6. The summed E-state index contributed by atoms with van der Waals surface area (Å²) in [5.41, 5.74) is 9.28. The summed E-state index contributed by atoms with van der Waals surface area (Å²) < 4.78 is 112. The molecule has 3 N–H and O–H groups in total. The average molecular weight is 1640 g/mol. The molecule has 2 saturated heterocycles. The fourth-order valence-electron chi connectivity index (χ4n) is 13.2. The summed E-state index contributed by atoms with van der Waals surface area (Å²) in [6.45, 7) is 17.0. The number of methoxy groups -OCH3 is 3. The van der Waals surface area contributed by atoms with Gasteiger partial charge in [0.15, 0.2) is 23.7 Å². The van der Waals surface area contributed by atoms with Gasteiger partial charge in [0.05, 0.1) is 83.4 Å². The van der Waals surface area contributed by atoms with E-state index in [0.29, 0.717) is 31.4 Å². The quantitative estimate of drug-likeness (QED) is 0.0157. The number of nitrogens with zero attached hydrogens (tertiary/aromatic N) is 6. The zero-order valence-corrected chi connectivity index (χ0v) is 68.8. The van der Waals surface area contributed by atoms with Crippen LogP contribution in [0.5, 0.6) is 17.2 Å². The van der Waals surface area contributed by atoms with Crippen molar-refractivity contribution in [1.82, 2.24) is 30.7 Å². The van der Waals surface area contributed by atoms with E-state index in [1.54, 1.807) is 46.6 Å². The summed E-state index contributed by atoms with van der Waals surface area (Å²) in [4.78, 5) is 155. The number of likely N-dealkylation sites (N-methyl/N-ethyl adjacent to an activating group) is 2. The van der Waals surface area contributed by atoms with Crippen LogP contribution in [0.1, 0.15) is 123 Å². The maximum absolute atomic E-state index is 14.9. The molecule has 3 aromatic rings. The van der Waals surface area contributed by atoms with E-state index in [9.17, 15) is 61.2 Å². The Balaban J connectivity index is 1.29. The molecule has 0 radical (unpaired) electrons. The third-order valence-electron chi connectivity index (χ3n) is 18.9. The van der Waals surface area contributed by atoms with E-state index in [1.807, 2.05) is 44.2 Å². The minimum absolute atomic E-state index is 0.00505. The van der Waals surface area contributed by atoms with Gasteiger partial charge in [-0.1, -0.05) is 102 Å². The van der Waals surface area contributed by atoms with Crippen LogP contribution in [0, 0.1) is 23.7 Å². The minimum Gasteiger partial charge on any atom is -0.467 e. The summed E-state index contributed by atoms with van der Waals surface area (Å²) in [5, 5.41) is 11.7. The number of azide groups is 1. The molecule has 6 amide bonds. The van der Waals surface area contributed by atoms with E-state index in [0.717, 1.165) is 50.3 Å². The lowest BCUT2D eigenvalue weighted by Crippen LogP contribution is -2.63. The van der Waals surface area contributed by atoms with Gasteiger partial charge in [-0.05, 0) is 77.6 Å². The van der Waals surface area contributed by atoms with Crippen LogP contribution in [-0.2, 0) is 123 Å². The molecule has 0 aromatic heterocycles. The number of ether oxygens (including phenoxy) is 13. The minimum atomic E-state index is -5.26. The van der Waals surface area contributed by atoms with E-state index in [2.05, 4.69) is 26.0 Å². The number of carbonyl (C=O) groups excluding carboxylic acids is 11. The molecule has 0 spiro atoms. The summed E-state index contributed by atoms with van der Waals surface area (Å²) in [6.07, 6.45) is -9.36. The number of carbonyl (C=O) groups is 11. The Morgan fingerprint density at radius 3 is 1.90 bits per heavy atom. The first-order chi connectivity index (χ1) is 54.6. The normalized spacial score (nSPS) is 18.7. The van der Waals surface area contributed by atoms with Gasteiger partial charge in [0, 0.05) is 92.5 Å². The van der Waals surface area contributed by atoms with E-state index >= 15 is 0 Å². The smallest absolute Gasteiger partial charge is 0.467 e. The van der Waals surface area contributed by atoms with Crippen molar-refractivity contribution in [3.8, 4) is 17.2 Å². The van der Waals surface area contributed by atoms with E-state index in [4.69, 9.17) is 75.5 Å². The standard InChI is InChI=1S/C77H111N9O28S/c1-17-47(6)66(61(100-14)42-63(91)86-33-21-24-58(86)67(101-15)48(7)71(92)81-57(75(96)102-16)40-53-22-19-18-20-23-53)84(12)74(95)64(45(2)3)82-73(94)65(46(4)5)85(13)77(97)107-43-54-25-28-56(29-26-54)113-115(98,99)114-60-41-55(72(93)79-31-34-103-36-38-105-39-37-104-35-32-80-83-78)27-30-59(60)111-76-70(110-52(11)90)69(109-51(10)89)68(108-50(9)88)62(112-76)44-106-49(8)87/h18-20,22-23,25-30,41,45-48,57-58,61-62,64-70,76H,17,21,24,31-40,42-44H2,1-16H3,(H,79,93)(H,81,92)(H,82,94)/t47?,48-,57?,58+,61-,62-,64+,65+,66+,67-,68+,69+,70-,76?/m1/s1. The number of benzene rings is 3. The largest absolute Gasteiger partial charge is 0.501 e. The van der Waals surface area contributed by atoms with Crippen molar-refractivity contribution >= 4 is 75.9 Å². The van der Waals surface area contributed by atoms with Crippen molar-refractivity contribution in [2.24, 2.45) is 28.8 Å². The van der Waals surface area contributed by atoms with Crippen LogP contribution >= 0.6 is 0 Å². The molecule has 3 aromatic carbocycles.